The molecule has 1 saturated carbocycles. The van der Waals surface area contributed by atoms with E-state index >= 15 is 0 Å². The van der Waals surface area contributed by atoms with Gasteiger partial charge in [0.05, 0.1) is 0 Å². The lowest BCUT2D eigenvalue weighted by Crippen LogP contribution is -2.39. The third-order valence-corrected chi connectivity index (χ3v) is 5.61. The summed E-state index contributed by atoms with van der Waals surface area (Å²) >= 11 is 0. The molecule has 1 amide bonds. The smallest absolute Gasteiger partial charge is 0.223 e. The third-order valence-electron chi connectivity index (χ3n) is 5.61. The van der Waals surface area contributed by atoms with Crippen LogP contribution in [0.4, 0.5) is 0 Å². The lowest BCUT2D eigenvalue weighted by molar-refractivity contribution is -0.132. The molecular weight excluding hydrogens is 272 g/mol. The maximum atomic E-state index is 12.6. The van der Waals surface area contributed by atoms with Crippen LogP contribution >= 0.6 is 0 Å². The SMILES string of the molecule is O=C(CCc1c[nH]c2ccccc12)N1CCC2CCCCC21. The molecule has 3 nitrogen and oxygen atoms in total. The van der Waals surface area contributed by atoms with Crippen molar-refractivity contribution in [1.82, 2.24) is 9.88 Å². The first-order valence-electron chi connectivity index (χ1n) is 8.67. The van der Waals surface area contributed by atoms with Gasteiger partial charge in [-0.05, 0) is 43.2 Å². The zero-order valence-corrected chi connectivity index (χ0v) is 13.1. The summed E-state index contributed by atoms with van der Waals surface area (Å²) in [7, 11) is 0. The van der Waals surface area contributed by atoms with Crippen LogP contribution in [0.3, 0.4) is 0 Å². The molecule has 0 radical (unpaired) electrons. The van der Waals surface area contributed by atoms with E-state index in [0.717, 1.165) is 18.9 Å². The van der Waals surface area contributed by atoms with Gasteiger partial charge < -0.3 is 9.88 Å². The van der Waals surface area contributed by atoms with Gasteiger partial charge in [-0.15, -0.1) is 0 Å². The Hall–Kier alpha value is -1.77. The van der Waals surface area contributed by atoms with Crippen LogP contribution < -0.4 is 0 Å². The van der Waals surface area contributed by atoms with Crippen LogP contribution in [0.15, 0.2) is 30.5 Å². The summed E-state index contributed by atoms with van der Waals surface area (Å²) in [5, 5.41) is 1.26. The number of H-pyrrole nitrogens is 1. The Morgan fingerprint density at radius 3 is 3.00 bits per heavy atom. The lowest BCUT2D eigenvalue weighted by Gasteiger charge is -2.31. The molecule has 4 rings (SSSR count). The van der Waals surface area contributed by atoms with Crippen molar-refractivity contribution < 1.29 is 4.79 Å². The predicted octanol–water partition coefficient (Wildman–Crippen LogP) is 3.89. The summed E-state index contributed by atoms with van der Waals surface area (Å²) in [6.45, 7) is 0.988. The average Bonchev–Trinajstić information content (AvgIpc) is 3.17. The second kappa shape index (κ2) is 5.79. The van der Waals surface area contributed by atoms with Crippen molar-refractivity contribution in [3.05, 3.63) is 36.0 Å². The van der Waals surface area contributed by atoms with Gasteiger partial charge in [0.1, 0.15) is 0 Å². The summed E-state index contributed by atoms with van der Waals surface area (Å²) < 4.78 is 0. The van der Waals surface area contributed by atoms with Crippen molar-refractivity contribution in [1.29, 1.82) is 0 Å². The summed E-state index contributed by atoms with van der Waals surface area (Å²) in [4.78, 5) is 18.1. The first-order valence-corrected chi connectivity index (χ1v) is 8.67. The monoisotopic (exact) mass is 296 g/mol. The molecular formula is C19H24N2O. The molecule has 1 aromatic heterocycles. The molecule has 0 spiro atoms. The fourth-order valence-corrected chi connectivity index (χ4v) is 4.44. The molecule has 1 N–H and O–H groups in total. The standard InChI is InChI=1S/C19H24N2O/c22-19(21-12-11-14-5-1-4-8-18(14)21)10-9-15-13-20-17-7-3-2-6-16(15)17/h2-3,6-7,13-14,18,20H,1,4-5,8-12H2. The topological polar surface area (TPSA) is 36.1 Å². The molecule has 0 bridgehead atoms. The molecule has 1 aliphatic carbocycles. The second-order valence-corrected chi connectivity index (χ2v) is 6.85. The minimum absolute atomic E-state index is 0.361. The second-order valence-electron chi connectivity index (χ2n) is 6.85. The van der Waals surface area contributed by atoms with Gasteiger partial charge in [-0.1, -0.05) is 31.0 Å². The van der Waals surface area contributed by atoms with Crippen molar-refractivity contribution >= 4 is 16.8 Å². The molecule has 2 unspecified atom stereocenters. The molecule has 3 heteroatoms. The number of hydrogen-bond acceptors (Lipinski definition) is 1. The highest BCUT2D eigenvalue weighted by atomic mass is 16.2. The van der Waals surface area contributed by atoms with Crippen LogP contribution in [0.1, 0.15) is 44.1 Å². The molecule has 2 atom stereocenters. The first kappa shape index (κ1) is 13.9. The van der Waals surface area contributed by atoms with Crippen molar-refractivity contribution in [3.63, 3.8) is 0 Å². The number of likely N-dealkylation sites (tertiary alicyclic amines) is 1. The molecule has 2 fully saturated rings. The van der Waals surface area contributed by atoms with E-state index in [1.807, 2.05) is 6.07 Å². The fraction of sp³-hybridized carbons (Fsp3) is 0.526. The number of aromatic nitrogens is 1. The zero-order valence-electron chi connectivity index (χ0n) is 13.1. The molecule has 22 heavy (non-hydrogen) atoms. The van der Waals surface area contributed by atoms with Crippen molar-refractivity contribution in [3.8, 4) is 0 Å². The number of nitrogens with one attached hydrogen (secondary N) is 1. The number of hydrogen-bond donors (Lipinski definition) is 1. The molecule has 1 aromatic carbocycles. The van der Waals surface area contributed by atoms with Gasteiger partial charge in [0, 0.05) is 36.1 Å². The van der Waals surface area contributed by atoms with Crippen LogP contribution in [0.2, 0.25) is 0 Å². The third kappa shape index (κ3) is 2.43. The van der Waals surface area contributed by atoms with Crippen LogP contribution in [0, 0.1) is 5.92 Å². The number of aromatic amines is 1. The van der Waals surface area contributed by atoms with Gasteiger partial charge in [0.2, 0.25) is 5.91 Å². The van der Waals surface area contributed by atoms with E-state index in [1.54, 1.807) is 0 Å². The quantitative estimate of drug-likeness (QED) is 0.916. The molecule has 2 heterocycles. The highest BCUT2D eigenvalue weighted by Crippen LogP contribution is 2.36. The van der Waals surface area contributed by atoms with Gasteiger partial charge in [-0.3, -0.25) is 4.79 Å². The number of fused-ring (bicyclic) bond motifs is 2. The minimum Gasteiger partial charge on any atom is -0.361 e. The molecule has 1 aliphatic heterocycles. The van der Waals surface area contributed by atoms with Crippen LogP contribution in [-0.4, -0.2) is 28.4 Å². The van der Waals surface area contributed by atoms with E-state index in [4.69, 9.17) is 0 Å². The van der Waals surface area contributed by atoms with Crippen LogP contribution in [0.25, 0.3) is 10.9 Å². The maximum Gasteiger partial charge on any atom is 0.223 e. The fourth-order valence-electron chi connectivity index (χ4n) is 4.44. The number of carbonyl (C=O) groups is 1. The van der Waals surface area contributed by atoms with Crippen molar-refractivity contribution in [2.24, 2.45) is 5.92 Å². The van der Waals surface area contributed by atoms with Gasteiger partial charge in [0.15, 0.2) is 0 Å². The van der Waals surface area contributed by atoms with E-state index < -0.39 is 0 Å². The van der Waals surface area contributed by atoms with E-state index in [0.29, 0.717) is 18.4 Å². The van der Waals surface area contributed by atoms with Gasteiger partial charge in [-0.25, -0.2) is 0 Å². The summed E-state index contributed by atoms with van der Waals surface area (Å²) in [5.74, 6) is 1.14. The largest absolute Gasteiger partial charge is 0.361 e. The lowest BCUT2D eigenvalue weighted by atomic mass is 9.85. The Balaban J connectivity index is 1.42. The zero-order chi connectivity index (χ0) is 14.9. The highest BCUT2D eigenvalue weighted by molar-refractivity contribution is 5.84. The number of rotatable bonds is 3. The summed E-state index contributed by atoms with van der Waals surface area (Å²) in [6, 6.07) is 8.88. The number of para-hydroxylation sites is 1. The van der Waals surface area contributed by atoms with E-state index in [1.165, 1.54) is 48.6 Å². The summed E-state index contributed by atoms with van der Waals surface area (Å²) in [5.41, 5.74) is 2.43. The van der Waals surface area contributed by atoms with Gasteiger partial charge >= 0.3 is 0 Å². The minimum atomic E-state index is 0.361. The van der Waals surface area contributed by atoms with E-state index in [9.17, 15) is 4.79 Å². The van der Waals surface area contributed by atoms with Crippen molar-refractivity contribution in [2.45, 2.75) is 51.0 Å². The Morgan fingerprint density at radius 1 is 1.18 bits per heavy atom. The van der Waals surface area contributed by atoms with Gasteiger partial charge in [-0.2, -0.15) is 0 Å². The Bertz CT molecular complexity index is 675. The first-order chi connectivity index (χ1) is 10.8. The van der Waals surface area contributed by atoms with E-state index in [2.05, 4.69) is 34.3 Å². The Kier molecular flexibility index (Phi) is 3.65. The predicted molar refractivity (Wildman–Crippen MR) is 88.7 cm³/mol. The Morgan fingerprint density at radius 2 is 2.05 bits per heavy atom. The number of amides is 1. The molecule has 2 aliphatic rings. The van der Waals surface area contributed by atoms with Crippen LogP contribution in [-0.2, 0) is 11.2 Å². The summed E-state index contributed by atoms with van der Waals surface area (Å²) in [6.07, 6.45) is 9.99. The molecule has 116 valence electrons. The van der Waals surface area contributed by atoms with Crippen molar-refractivity contribution in [2.75, 3.05) is 6.54 Å². The normalized spacial score (nSPS) is 24.6. The average molecular weight is 296 g/mol. The van der Waals surface area contributed by atoms with E-state index in [-0.39, 0.29) is 0 Å². The number of benzene rings is 1. The molecule has 2 aromatic rings. The number of carbonyl (C=O) groups excluding carboxylic acids is 1. The highest BCUT2D eigenvalue weighted by Gasteiger charge is 2.37. The number of aryl methyl sites for hydroxylation is 1. The maximum absolute atomic E-state index is 12.6. The van der Waals surface area contributed by atoms with Gasteiger partial charge in [0.25, 0.3) is 0 Å². The Labute approximate surface area is 131 Å². The number of nitrogens with zero attached hydrogens (tertiary/aromatic N) is 1. The molecule has 1 saturated heterocycles. The van der Waals surface area contributed by atoms with Crippen LogP contribution in [0.5, 0.6) is 0 Å².